The first-order chi connectivity index (χ1) is 7.94. The molecule has 0 saturated heterocycles. The highest BCUT2D eigenvalue weighted by atomic mass is 16.5. The molecule has 1 aliphatic carbocycles. The Morgan fingerprint density at radius 2 is 2.29 bits per heavy atom. The minimum absolute atomic E-state index is 0.290. The topological polar surface area (TPSA) is 75.2 Å². The summed E-state index contributed by atoms with van der Waals surface area (Å²) in [5.74, 6) is -0.240. The largest absolute Gasteiger partial charge is 0.481 e. The van der Waals surface area contributed by atoms with Crippen LogP contribution in [0.2, 0.25) is 0 Å². The van der Waals surface area contributed by atoms with Crippen molar-refractivity contribution < 1.29 is 14.6 Å². The van der Waals surface area contributed by atoms with E-state index in [0.29, 0.717) is 12.8 Å². The lowest BCUT2D eigenvalue weighted by molar-refractivity contribution is -0.142. The van der Waals surface area contributed by atoms with E-state index < -0.39 is 11.6 Å². The number of rotatable bonds is 3. The monoisotopic (exact) mass is 238 g/mol. The van der Waals surface area contributed by atoms with E-state index >= 15 is 0 Å². The van der Waals surface area contributed by atoms with Gasteiger partial charge in [-0.25, -0.2) is 4.98 Å². The Morgan fingerprint density at radius 1 is 1.59 bits per heavy atom. The minimum Gasteiger partial charge on any atom is -0.481 e. The normalized spacial score (nSPS) is 20.1. The standard InChI is InChI=1S/C12H18N2O3/c1-12(2,17-3)11-13-8-5-4-7(10(15)16)6-9(8)14-11/h7H,4-6H2,1-3H3,(H,13,14)(H,15,16). The van der Waals surface area contributed by atoms with Crippen LogP contribution in [0.25, 0.3) is 0 Å². The first-order valence-electron chi connectivity index (χ1n) is 5.80. The lowest BCUT2D eigenvalue weighted by Crippen LogP contribution is -2.22. The van der Waals surface area contributed by atoms with E-state index in [1.54, 1.807) is 7.11 Å². The molecule has 5 nitrogen and oxygen atoms in total. The van der Waals surface area contributed by atoms with Crippen molar-refractivity contribution in [2.45, 2.75) is 38.7 Å². The molecule has 0 spiro atoms. The van der Waals surface area contributed by atoms with Gasteiger partial charge in [0.1, 0.15) is 11.4 Å². The lowest BCUT2D eigenvalue weighted by Gasteiger charge is -2.19. The Bertz CT molecular complexity index is 437. The third kappa shape index (κ3) is 2.20. The van der Waals surface area contributed by atoms with E-state index in [4.69, 9.17) is 9.84 Å². The maximum absolute atomic E-state index is 11.0. The van der Waals surface area contributed by atoms with Crippen molar-refractivity contribution in [1.82, 2.24) is 9.97 Å². The molecule has 0 amide bonds. The summed E-state index contributed by atoms with van der Waals surface area (Å²) in [4.78, 5) is 18.7. The number of carboxylic acid groups (broad SMARTS) is 1. The van der Waals surface area contributed by atoms with E-state index in [1.165, 1.54) is 0 Å². The van der Waals surface area contributed by atoms with E-state index in [1.807, 2.05) is 13.8 Å². The zero-order valence-electron chi connectivity index (χ0n) is 10.4. The second kappa shape index (κ2) is 4.14. The van der Waals surface area contributed by atoms with Crippen molar-refractivity contribution in [2.75, 3.05) is 7.11 Å². The molecular weight excluding hydrogens is 220 g/mol. The van der Waals surface area contributed by atoms with Gasteiger partial charge in [0.2, 0.25) is 0 Å². The lowest BCUT2D eigenvalue weighted by atomic mass is 9.90. The molecule has 1 atom stereocenters. The number of ether oxygens (including phenoxy) is 1. The molecule has 1 aromatic rings. The number of hydrogen-bond donors (Lipinski definition) is 2. The fourth-order valence-corrected chi connectivity index (χ4v) is 2.07. The number of hydrogen-bond acceptors (Lipinski definition) is 3. The molecule has 94 valence electrons. The van der Waals surface area contributed by atoms with Crippen molar-refractivity contribution in [3.8, 4) is 0 Å². The van der Waals surface area contributed by atoms with Crippen LogP contribution in [0.3, 0.4) is 0 Å². The van der Waals surface area contributed by atoms with Gasteiger partial charge in [0.25, 0.3) is 0 Å². The third-order valence-corrected chi connectivity index (χ3v) is 3.47. The number of nitrogens with one attached hydrogen (secondary N) is 1. The second-order valence-corrected chi connectivity index (χ2v) is 5.00. The summed E-state index contributed by atoms with van der Waals surface area (Å²) in [5, 5.41) is 9.02. The molecule has 0 saturated carbocycles. The highest BCUT2D eigenvalue weighted by Crippen LogP contribution is 2.28. The molecule has 2 N–H and O–H groups in total. The van der Waals surface area contributed by atoms with Gasteiger partial charge in [-0.05, 0) is 26.7 Å². The highest BCUT2D eigenvalue weighted by molar-refractivity contribution is 5.70. The number of nitrogens with zero attached hydrogens (tertiary/aromatic N) is 1. The molecule has 1 unspecified atom stereocenters. The van der Waals surface area contributed by atoms with Crippen LogP contribution < -0.4 is 0 Å². The molecule has 2 rings (SSSR count). The minimum atomic E-state index is -0.724. The van der Waals surface area contributed by atoms with Crippen molar-refractivity contribution in [3.05, 3.63) is 17.2 Å². The first-order valence-corrected chi connectivity index (χ1v) is 5.80. The van der Waals surface area contributed by atoms with Crippen LogP contribution in [0, 0.1) is 5.92 Å². The number of H-pyrrole nitrogens is 1. The van der Waals surface area contributed by atoms with E-state index in [-0.39, 0.29) is 5.92 Å². The molecule has 0 aromatic carbocycles. The summed E-state index contributed by atoms with van der Waals surface area (Å²) >= 11 is 0. The fraction of sp³-hybridized carbons (Fsp3) is 0.667. The highest BCUT2D eigenvalue weighted by Gasteiger charge is 2.30. The number of aryl methyl sites for hydroxylation is 1. The summed E-state index contributed by atoms with van der Waals surface area (Å²) in [6.07, 6.45) is 1.93. The van der Waals surface area contributed by atoms with Gasteiger partial charge in [0, 0.05) is 19.2 Å². The van der Waals surface area contributed by atoms with Crippen LogP contribution in [0.15, 0.2) is 0 Å². The smallest absolute Gasteiger partial charge is 0.306 e. The van der Waals surface area contributed by atoms with Gasteiger partial charge in [0.15, 0.2) is 0 Å². The molecule has 0 radical (unpaired) electrons. The summed E-state index contributed by atoms with van der Waals surface area (Å²) < 4.78 is 5.37. The van der Waals surface area contributed by atoms with Gasteiger partial charge in [-0.15, -0.1) is 0 Å². The van der Waals surface area contributed by atoms with Gasteiger partial charge in [-0.3, -0.25) is 4.79 Å². The number of carboxylic acids is 1. The van der Waals surface area contributed by atoms with Gasteiger partial charge in [0.05, 0.1) is 11.6 Å². The number of aliphatic carboxylic acids is 1. The molecule has 1 aliphatic rings. The van der Waals surface area contributed by atoms with Crippen LogP contribution in [0.1, 0.15) is 37.5 Å². The Balaban J connectivity index is 2.26. The average Bonchev–Trinajstić information content (AvgIpc) is 2.72. The number of carbonyl (C=O) groups is 1. The maximum Gasteiger partial charge on any atom is 0.306 e. The molecule has 1 heterocycles. The van der Waals surface area contributed by atoms with Crippen molar-refractivity contribution in [1.29, 1.82) is 0 Å². The van der Waals surface area contributed by atoms with Gasteiger partial charge in [-0.1, -0.05) is 0 Å². The number of imidazole rings is 1. The molecule has 1 aromatic heterocycles. The first kappa shape index (κ1) is 12.1. The van der Waals surface area contributed by atoms with Gasteiger partial charge in [-0.2, -0.15) is 0 Å². The number of methoxy groups -OCH3 is 1. The van der Waals surface area contributed by atoms with E-state index in [2.05, 4.69) is 9.97 Å². The molecule has 0 aliphatic heterocycles. The van der Waals surface area contributed by atoms with Crippen molar-refractivity contribution in [3.63, 3.8) is 0 Å². The van der Waals surface area contributed by atoms with Crippen LogP contribution in [0.4, 0.5) is 0 Å². The number of aromatic nitrogens is 2. The summed E-state index contributed by atoms with van der Waals surface area (Å²) in [6, 6.07) is 0. The zero-order chi connectivity index (χ0) is 12.6. The Hall–Kier alpha value is -1.36. The van der Waals surface area contributed by atoms with Crippen LogP contribution in [0.5, 0.6) is 0 Å². The third-order valence-electron chi connectivity index (χ3n) is 3.47. The Morgan fingerprint density at radius 3 is 2.88 bits per heavy atom. The van der Waals surface area contributed by atoms with E-state index in [9.17, 15) is 4.79 Å². The number of fused-ring (bicyclic) bond motifs is 1. The summed E-state index contributed by atoms with van der Waals surface area (Å²) in [6.45, 7) is 3.87. The molecule has 17 heavy (non-hydrogen) atoms. The molecular formula is C12H18N2O3. The van der Waals surface area contributed by atoms with E-state index in [0.717, 1.165) is 23.6 Å². The Labute approximate surface area is 100 Å². The van der Waals surface area contributed by atoms with Crippen molar-refractivity contribution in [2.24, 2.45) is 5.92 Å². The van der Waals surface area contributed by atoms with Crippen LogP contribution >= 0.6 is 0 Å². The predicted molar refractivity (Wildman–Crippen MR) is 61.8 cm³/mol. The zero-order valence-corrected chi connectivity index (χ0v) is 10.4. The maximum atomic E-state index is 11.0. The fourth-order valence-electron chi connectivity index (χ4n) is 2.07. The SMILES string of the molecule is COC(C)(C)c1nc2c([nH]1)CC(C(=O)O)CC2. The molecule has 0 bridgehead atoms. The molecule has 0 fully saturated rings. The van der Waals surface area contributed by atoms with Crippen LogP contribution in [-0.2, 0) is 28.0 Å². The average molecular weight is 238 g/mol. The van der Waals surface area contributed by atoms with Crippen molar-refractivity contribution >= 4 is 5.97 Å². The Kier molecular flexibility index (Phi) is 2.95. The second-order valence-electron chi connectivity index (χ2n) is 5.00. The van der Waals surface area contributed by atoms with Gasteiger partial charge < -0.3 is 14.8 Å². The van der Waals surface area contributed by atoms with Crippen LogP contribution in [-0.4, -0.2) is 28.2 Å². The van der Waals surface area contributed by atoms with Gasteiger partial charge >= 0.3 is 5.97 Å². The predicted octanol–water partition coefficient (Wildman–Crippen LogP) is 1.48. The summed E-state index contributed by atoms with van der Waals surface area (Å²) in [5.41, 5.74) is 1.47. The molecule has 5 heteroatoms. The quantitative estimate of drug-likeness (QED) is 0.836. The summed E-state index contributed by atoms with van der Waals surface area (Å²) in [7, 11) is 1.64. The number of aromatic amines is 1.